The molecule has 1 aliphatic heterocycles. The number of anilines is 1. The van der Waals surface area contributed by atoms with Crippen LogP contribution in [0.1, 0.15) is 19.8 Å². The van der Waals surface area contributed by atoms with Crippen molar-refractivity contribution >= 4 is 5.95 Å². The highest BCUT2D eigenvalue weighted by Crippen LogP contribution is 2.24. The highest BCUT2D eigenvalue weighted by molar-refractivity contribution is 5.31. The van der Waals surface area contributed by atoms with E-state index in [9.17, 15) is 0 Å². The zero-order valence-electron chi connectivity index (χ0n) is 9.13. The van der Waals surface area contributed by atoms with E-state index in [1.54, 1.807) is 12.4 Å². The van der Waals surface area contributed by atoms with Crippen LogP contribution in [0.5, 0.6) is 0 Å². The Kier molecular flexibility index (Phi) is 3.16. The van der Waals surface area contributed by atoms with Gasteiger partial charge in [0.1, 0.15) is 0 Å². The monoisotopic (exact) mass is 206 g/mol. The number of hydrogen-bond acceptors (Lipinski definition) is 4. The van der Waals surface area contributed by atoms with Crippen molar-refractivity contribution in [3.63, 3.8) is 0 Å². The zero-order chi connectivity index (χ0) is 10.7. The van der Waals surface area contributed by atoms with Crippen molar-refractivity contribution in [2.24, 2.45) is 11.7 Å². The van der Waals surface area contributed by atoms with Crippen LogP contribution in [0.25, 0.3) is 0 Å². The third-order valence-corrected chi connectivity index (χ3v) is 3.06. The normalized spacial score (nSPS) is 26.7. The number of nitrogens with zero attached hydrogens (tertiary/aromatic N) is 3. The van der Waals surface area contributed by atoms with Gasteiger partial charge in [-0.15, -0.1) is 0 Å². The second-order valence-corrected chi connectivity index (χ2v) is 4.26. The summed E-state index contributed by atoms with van der Waals surface area (Å²) in [6, 6.07) is 2.24. The summed E-state index contributed by atoms with van der Waals surface area (Å²) in [4.78, 5) is 10.8. The lowest BCUT2D eigenvalue weighted by Crippen LogP contribution is -2.47. The molecule has 0 spiro atoms. The third kappa shape index (κ3) is 2.26. The molecule has 4 nitrogen and oxygen atoms in total. The lowest BCUT2D eigenvalue weighted by atomic mass is 9.93. The molecule has 2 unspecified atom stereocenters. The lowest BCUT2D eigenvalue weighted by Gasteiger charge is -2.37. The van der Waals surface area contributed by atoms with E-state index in [-0.39, 0.29) is 0 Å². The molecule has 1 aliphatic rings. The van der Waals surface area contributed by atoms with E-state index in [1.165, 1.54) is 6.42 Å². The predicted molar refractivity (Wildman–Crippen MR) is 60.6 cm³/mol. The van der Waals surface area contributed by atoms with E-state index < -0.39 is 0 Å². The fourth-order valence-corrected chi connectivity index (χ4v) is 2.18. The fraction of sp³-hybridized carbons (Fsp3) is 0.636. The SMILES string of the molecule is CC1CCN(c2ncccn2)C(CN)C1. The minimum atomic E-state index is 0.399. The molecule has 1 fully saturated rings. The van der Waals surface area contributed by atoms with Crippen LogP contribution in [0.4, 0.5) is 5.95 Å². The Morgan fingerprint density at radius 2 is 2.20 bits per heavy atom. The van der Waals surface area contributed by atoms with Crippen molar-refractivity contribution in [1.82, 2.24) is 9.97 Å². The van der Waals surface area contributed by atoms with Crippen LogP contribution < -0.4 is 10.6 Å². The maximum absolute atomic E-state index is 5.80. The van der Waals surface area contributed by atoms with Gasteiger partial charge in [-0.2, -0.15) is 0 Å². The molecule has 15 heavy (non-hydrogen) atoms. The van der Waals surface area contributed by atoms with Gasteiger partial charge in [-0.05, 0) is 24.8 Å². The van der Waals surface area contributed by atoms with Crippen molar-refractivity contribution in [1.29, 1.82) is 0 Å². The second-order valence-electron chi connectivity index (χ2n) is 4.26. The number of nitrogens with two attached hydrogens (primary N) is 1. The van der Waals surface area contributed by atoms with Gasteiger partial charge in [0.15, 0.2) is 0 Å². The van der Waals surface area contributed by atoms with Crippen molar-refractivity contribution in [2.45, 2.75) is 25.8 Å². The smallest absolute Gasteiger partial charge is 0.225 e. The van der Waals surface area contributed by atoms with Crippen LogP contribution in [0, 0.1) is 5.92 Å². The average molecular weight is 206 g/mol. The molecule has 1 aromatic rings. The van der Waals surface area contributed by atoms with Crippen LogP contribution in [0.3, 0.4) is 0 Å². The molecule has 0 bridgehead atoms. The third-order valence-electron chi connectivity index (χ3n) is 3.06. The topological polar surface area (TPSA) is 55.0 Å². The fourth-order valence-electron chi connectivity index (χ4n) is 2.18. The molecular weight excluding hydrogens is 188 g/mol. The Morgan fingerprint density at radius 1 is 1.47 bits per heavy atom. The maximum atomic E-state index is 5.80. The molecule has 2 rings (SSSR count). The van der Waals surface area contributed by atoms with E-state index in [2.05, 4.69) is 21.8 Å². The van der Waals surface area contributed by atoms with Crippen LogP contribution >= 0.6 is 0 Å². The molecule has 1 aromatic heterocycles. The summed E-state index contributed by atoms with van der Waals surface area (Å²) in [6.45, 7) is 3.99. The van der Waals surface area contributed by atoms with E-state index in [0.717, 1.165) is 24.8 Å². The van der Waals surface area contributed by atoms with Crippen molar-refractivity contribution < 1.29 is 0 Å². The van der Waals surface area contributed by atoms with Gasteiger partial charge in [0.2, 0.25) is 5.95 Å². The van der Waals surface area contributed by atoms with Crippen LogP contribution in [-0.2, 0) is 0 Å². The molecule has 0 aliphatic carbocycles. The Balaban J connectivity index is 2.14. The Hall–Kier alpha value is -1.16. The van der Waals surface area contributed by atoms with Crippen LogP contribution in [0.15, 0.2) is 18.5 Å². The molecule has 4 heteroatoms. The van der Waals surface area contributed by atoms with Crippen molar-refractivity contribution in [3.8, 4) is 0 Å². The molecule has 1 saturated heterocycles. The largest absolute Gasteiger partial charge is 0.337 e. The zero-order valence-corrected chi connectivity index (χ0v) is 9.13. The molecule has 82 valence electrons. The van der Waals surface area contributed by atoms with E-state index in [0.29, 0.717) is 12.6 Å². The summed E-state index contributed by atoms with van der Waals surface area (Å²) in [7, 11) is 0. The number of aromatic nitrogens is 2. The van der Waals surface area contributed by atoms with Gasteiger partial charge in [0.25, 0.3) is 0 Å². The van der Waals surface area contributed by atoms with Crippen molar-refractivity contribution in [3.05, 3.63) is 18.5 Å². The molecule has 0 amide bonds. The van der Waals surface area contributed by atoms with Crippen molar-refractivity contribution in [2.75, 3.05) is 18.0 Å². The minimum Gasteiger partial charge on any atom is -0.337 e. The standard InChI is InChI=1S/C11H18N4/c1-9-3-6-15(10(7-9)8-12)11-13-4-2-5-14-11/h2,4-5,9-10H,3,6-8,12H2,1H3. The Labute approximate surface area is 90.5 Å². The highest BCUT2D eigenvalue weighted by atomic mass is 15.3. The molecule has 0 saturated carbocycles. The Bertz CT molecular complexity index is 301. The Morgan fingerprint density at radius 3 is 2.87 bits per heavy atom. The molecule has 0 aromatic carbocycles. The first kappa shape index (κ1) is 10.4. The molecule has 0 radical (unpaired) electrons. The summed E-state index contributed by atoms with van der Waals surface area (Å²) in [5, 5.41) is 0. The molecule has 2 N–H and O–H groups in total. The summed E-state index contributed by atoms with van der Waals surface area (Å²) in [5.41, 5.74) is 5.80. The summed E-state index contributed by atoms with van der Waals surface area (Å²) in [6.07, 6.45) is 5.92. The van der Waals surface area contributed by atoms with Crippen LogP contribution in [0.2, 0.25) is 0 Å². The van der Waals surface area contributed by atoms with Gasteiger partial charge in [-0.3, -0.25) is 0 Å². The van der Waals surface area contributed by atoms with Gasteiger partial charge >= 0.3 is 0 Å². The average Bonchev–Trinajstić information content (AvgIpc) is 2.30. The van der Waals surface area contributed by atoms with Crippen LogP contribution in [-0.4, -0.2) is 29.1 Å². The van der Waals surface area contributed by atoms with Gasteiger partial charge in [0.05, 0.1) is 0 Å². The summed E-state index contributed by atoms with van der Waals surface area (Å²) < 4.78 is 0. The van der Waals surface area contributed by atoms with E-state index in [4.69, 9.17) is 5.73 Å². The predicted octanol–water partition coefficient (Wildman–Crippen LogP) is 1.04. The van der Waals surface area contributed by atoms with Gasteiger partial charge in [0, 0.05) is 31.5 Å². The number of piperidine rings is 1. The first-order valence-electron chi connectivity index (χ1n) is 5.55. The summed E-state index contributed by atoms with van der Waals surface area (Å²) in [5.74, 6) is 1.58. The van der Waals surface area contributed by atoms with Gasteiger partial charge in [-0.1, -0.05) is 6.92 Å². The van der Waals surface area contributed by atoms with E-state index >= 15 is 0 Å². The van der Waals surface area contributed by atoms with Gasteiger partial charge in [-0.25, -0.2) is 9.97 Å². The minimum absolute atomic E-state index is 0.399. The molecule has 2 heterocycles. The summed E-state index contributed by atoms with van der Waals surface area (Å²) >= 11 is 0. The quantitative estimate of drug-likeness (QED) is 0.785. The van der Waals surface area contributed by atoms with Gasteiger partial charge < -0.3 is 10.6 Å². The maximum Gasteiger partial charge on any atom is 0.225 e. The van der Waals surface area contributed by atoms with E-state index in [1.807, 2.05) is 6.07 Å². The first-order chi connectivity index (χ1) is 7.31. The lowest BCUT2D eigenvalue weighted by molar-refractivity contribution is 0.363. The number of rotatable bonds is 2. The number of hydrogen-bond donors (Lipinski definition) is 1. The highest BCUT2D eigenvalue weighted by Gasteiger charge is 2.26. The molecule has 2 atom stereocenters. The first-order valence-corrected chi connectivity index (χ1v) is 5.55. The molecular formula is C11H18N4. The second kappa shape index (κ2) is 4.57.